The number of ether oxygens (including phenoxy) is 1. The number of aliphatic hydroxyl groups is 5. The maximum absolute atomic E-state index is 13.2. The van der Waals surface area contributed by atoms with Crippen molar-refractivity contribution in [3.63, 3.8) is 0 Å². The van der Waals surface area contributed by atoms with Crippen LogP contribution in [0.2, 0.25) is 5.02 Å². The number of pyridine rings is 1. The number of hydrogen-bond donors (Lipinski definition) is 6. The van der Waals surface area contributed by atoms with Gasteiger partial charge in [0.15, 0.2) is 0 Å². The summed E-state index contributed by atoms with van der Waals surface area (Å²) in [5, 5.41) is 52.6. The highest BCUT2D eigenvalue weighted by molar-refractivity contribution is 7.85. The second kappa shape index (κ2) is 16.2. The number of amides is 1. The molecule has 1 aromatic heterocycles. The summed E-state index contributed by atoms with van der Waals surface area (Å²) in [5.41, 5.74) is 3.76. The van der Waals surface area contributed by atoms with E-state index in [0.29, 0.717) is 22.9 Å². The monoisotopic (exact) mass is 701 g/mol. The van der Waals surface area contributed by atoms with Crippen molar-refractivity contribution in [1.29, 1.82) is 0 Å². The number of carbonyl (C=O) groups excluding carboxylic acids is 1. The summed E-state index contributed by atoms with van der Waals surface area (Å²) in [6.07, 6.45) is 1.70. The minimum Gasteiger partial charge on any atom is -0.490 e. The van der Waals surface area contributed by atoms with Gasteiger partial charge in [-0.15, -0.1) is 0 Å². The van der Waals surface area contributed by atoms with Crippen molar-refractivity contribution in [3.8, 4) is 16.9 Å². The molecule has 5 atom stereocenters. The average Bonchev–Trinajstić information content (AvgIpc) is 4.04. The number of nitrogens with zero attached hydrogens (tertiary/aromatic N) is 2. The average molecular weight is 702 g/mol. The molecule has 2 aliphatic rings. The van der Waals surface area contributed by atoms with Gasteiger partial charge >= 0.3 is 0 Å². The Kier molecular flexibility index (Phi) is 12.2. The highest BCUT2D eigenvalue weighted by Crippen LogP contribution is 2.50. The molecular formula is C35H44ClN3O8S. The third-order valence-electron chi connectivity index (χ3n) is 8.91. The van der Waals surface area contributed by atoms with E-state index >= 15 is 0 Å². The summed E-state index contributed by atoms with van der Waals surface area (Å²) in [4.78, 5) is 18.9. The van der Waals surface area contributed by atoms with Crippen LogP contribution in [0.1, 0.15) is 49.7 Å². The molecule has 48 heavy (non-hydrogen) atoms. The van der Waals surface area contributed by atoms with Crippen LogP contribution in [0.5, 0.6) is 5.75 Å². The van der Waals surface area contributed by atoms with Gasteiger partial charge in [-0.25, -0.2) is 0 Å². The van der Waals surface area contributed by atoms with Crippen molar-refractivity contribution >= 4 is 28.3 Å². The number of likely N-dealkylation sites (N-methyl/N-ethyl adjacent to an activating group) is 1. The van der Waals surface area contributed by atoms with E-state index in [9.17, 15) is 29.4 Å². The lowest BCUT2D eigenvalue weighted by Gasteiger charge is -2.28. The largest absolute Gasteiger partial charge is 0.490 e. The van der Waals surface area contributed by atoms with Crippen LogP contribution < -0.4 is 10.1 Å². The highest BCUT2D eigenvalue weighted by Gasteiger charge is 2.46. The molecule has 2 saturated carbocycles. The summed E-state index contributed by atoms with van der Waals surface area (Å²) < 4.78 is 19.4. The van der Waals surface area contributed by atoms with Crippen molar-refractivity contribution < 1.29 is 39.3 Å². The number of para-hydroxylation sites is 1. The zero-order valence-electron chi connectivity index (χ0n) is 26.9. The molecule has 13 heteroatoms. The van der Waals surface area contributed by atoms with Gasteiger partial charge in [-0.1, -0.05) is 29.8 Å². The number of rotatable bonds is 18. The lowest BCUT2D eigenvalue weighted by atomic mass is 9.94. The summed E-state index contributed by atoms with van der Waals surface area (Å²) in [7, 11) is 0.0413. The van der Waals surface area contributed by atoms with E-state index < -0.39 is 41.8 Å². The predicted octanol–water partition coefficient (Wildman–Crippen LogP) is 2.50. The number of hydrogen-bond acceptors (Lipinski definition) is 10. The number of nitrogens with one attached hydrogen (secondary N) is 1. The Morgan fingerprint density at radius 3 is 2.52 bits per heavy atom. The fourth-order valence-corrected chi connectivity index (χ4v) is 6.96. The number of aliphatic hydroxyl groups excluding tert-OH is 5. The fourth-order valence-electron chi connectivity index (χ4n) is 5.64. The molecule has 11 nitrogen and oxygen atoms in total. The third kappa shape index (κ3) is 8.99. The second-order valence-electron chi connectivity index (χ2n) is 12.6. The first kappa shape index (κ1) is 36.3. The van der Waals surface area contributed by atoms with Gasteiger partial charge in [0.05, 0.1) is 23.5 Å². The van der Waals surface area contributed by atoms with Gasteiger partial charge in [0.25, 0.3) is 0 Å². The molecule has 0 radical (unpaired) electrons. The maximum Gasteiger partial charge on any atom is 0.222 e. The molecule has 260 valence electrons. The van der Waals surface area contributed by atoms with Gasteiger partial charge in [0.1, 0.15) is 30.2 Å². The molecule has 0 bridgehead atoms. The molecule has 2 aliphatic carbocycles. The zero-order chi connectivity index (χ0) is 34.4. The molecule has 5 rings (SSSR count). The molecule has 3 aromatic rings. The Bertz CT molecular complexity index is 1590. The van der Waals surface area contributed by atoms with Crippen molar-refractivity contribution in [2.24, 2.45) is 0 Å². The topological polar surface area (TPSA) is 173 Å². The molecule has 0 aliphatic heterocycles. The lowest BCUT2D eigenvalue weighted by Crippen LogP contribution is -2.49. The molecule has 2 fully saturated rings. The summed E-state index contributed by atoms with van der Waals surface area (Å²) in [6, 6.07) is 15.4. The van der Waals surface area contributed by atoms with Crippen LogP contribution in [0.15, 0.2) is 65.8 Å². The van der Waals surface area contributed by atoms with Gasteiger partial charge < -0.3 is 40.5 Å². The number of benzene rings is 2. The number of carbonyl (C=O) groups is 1. The zero-order valence-corrected chi connectivity index (χ0v) is 28.4. The molecule has 0 saturated heterocycles. The summed E-state index contributed by atoms with van der Waals surface area (Å²) in [6.45, 7) is -0.629. The van der Waals surface area contributed by atoms with Gasteiger partial charge in [0, 0.05) is 65.7 Å². The summed E-state index contributed by atoms with van der Waals surface area (Å²) in [5.74, 6) is 0.759. The quantitative estimate of drug-likeness (QED) is 0.116. The lowest BCUT2D eigenvalue weighted by molar-refractivity contribution is -0.138. The van der Waals surface area contributed by atoms with Crippen LogP contribution in [0.3, 0.4) is 0 Å². The Hall–Kier alpha value is -2.94. The molecule has 6 N–H and O–H groups in total. The molecular weight excluding hydrogens is 658 g/mol. The van der Waals surface area contributed by atoms with E-state index in [0.717, 1.165) is 53.7 Å². The van der Waals surface area contributed by atoms with Crippen LogP contribution in [0.4, 0.5) is 0 Å². The molecule has 2 aromatic carbocycles. The molecule has 1 heterocycles. The van der Waals surface area contributed by atoms with Gasteiger partial charge in [-0.3, -0.25) is 14.0 Å². The van der Waals surface area contributed by atoms with E-state index in [1.807, 2.05) is 36.5 Å². The molecule has 1 amide bonds. The Labute approximate surface area is 288 Å². The Morgan fingerprint density at radius 2 is 1.81 bits per heavy atom. The standard InChI is InChI=1S/C35H44ClN3O8S/c1-39(20-29(41)33(44)34(45)30(42)21-40)32(43)7-4-16-48(46)24-10-11-28(36)22(17-24)18-38-35(13-14-35)27-19-37-15-12-25(27)26-5-2-3-6-31(26)47-23-8-9-23/h2-3,5-6,10-12,15,17,19,23,29-30,33-34,38,40-42,44-45H,4,7-9,13-14,16,18,20-21H2,1H3/t29-,30+,33+,34+,48?/m0/s1. The van der Waals surface area contributed by atoms with E-state index in [-0.39, 0.29) is 36.3 Å². The predicted molar refractivity (Wildman–Crippen MR) is 182 cm³/mol. The van der Waals surface area contributed by atoms with Crippen LogP contribution in [0, 0.1) is 0 Å². The van der Waals surface area contributed by atoms with E-state index in [2.05, 4.69) is 16.4 Å². The molecule has 1 unspecified atom stereocenters. The van der Waals surface area contributed by atoms with Crippen LogP contribution in [0.25, 0.3) is 11.1 Å². The van der Waals surface area contributed by atoms with Gasteiger partial charge in [-0.2, -0.15) is 0 Å². The fraction of sp³-hybridized carbons (Fsp3) is 0.486. The summed E-state index contributed by atoms with van der Waals surface area (Å²) >= 11 is 6.59. The van der Waals surface area contributed by atoms with Crippen LogP contribution >= 0.6 is 11.6 Å². The first-order chi connectivity index (χ1) is 23.0. The van der Waals surface area contributed by atoms with E-state index in [1.54, 1.807) is 18.3 Å². The smallest absolute Gasteiger partial charge is 0.222 e. The first-order valence-corrected chi connectivity index (χ1v) is 17.9. The van der Waals surface area contributed by atoms with Crippen molar-refractivity contribution in [2.45, 2.75) is 86.0 Å². The minimum absolute atomic E-state index is 0.0552. The minimum atomic E-state index is -1.77. The van der Waals surface area contributed by atoms with E-state index in [4.69, 9.17) is 21.4 Å². The van der Waals surface area contributed by atoms with E-state index in [1.165, 1.54) is 11.9 Å². The first-order valence-electron chi connectivity index (χ1n) is 16.2. The van der Waals surface area contributed by atoms with Crippen molar-refractivity contribution in [2.75, 3.05) is 26.0 Å². The highest BCUT2D eigenvalue weighted by atomic mass is 35.5. The van der Waals surface area contributed by atoms with Crippen LogP contribution in [-0.2, 0) is 27.7 Å². The number of aromatic nitrogens is 1. The van der Waals surface area contributed by atoms with Gasteiger partial charge in [-0.05, 0) is 79.1 Å². The Morgan fingerprint density at radius 1 is 1.08 bits per heavy atom. The van der Waals surface area contributed by atoms with Crippen LogP contribution in [-0.4, -0.2) is 102 Å². The molecule has 0 spiro atoms. The maximum atomic E-state index is 13.2. The normalized spacial score (nSPS) is 18.4. The van der Waals surface area contributed by atoms with Crippen molar-refractivity contribution in [3.05, 3.63) is 77.1 Å². The Balaban J connectivity index is 1.16. The SMILES string of the molecule is CN(C[C@H](O)[C@@H](O)[C@H](O)[C@H](O)CO)C(=O)CCCS(=O)c1ccc(Cl)c(CNC2(c3cnccc3-c3ccccc3OC3CC3)CC2)c1. The second-order valence-corrected chi connectivity index (χ2v) is 14.6. The van der Waals surface area contributed by atoms with Crippen molar-refractivity contribution in [1.82, 2.24) is 15.2 Å². The number of halogens is 1. The third-order valence-corrected chi connectivity index (χ3v) is 10.7. The van der Waals surface area contributed by atoms with Gasteiger partial charge in [0.2, 0.25) is 5.91 Å².